The largest absolute Gasteiger partial charge is 0.325 e. The third-order valence-corrected chi connectivity index (χ3v) is 3.89. The van der Waals surface area contributed by atoms with E-state index in [4.69, 9.17) is 4.18 Å². The average molecular weight is 208 g/mol. The molecule has 2 rings (SSSR count). The first kappa shape index (κ1) is 9.81. The minimum absolute atomic E-state index is 0.256. The van der Waals surface area contributed by atoms with Gasteiger partial charge in [-0.3, -0.25) is 0 Å². The molecule has 0 saturated heterocycles. The van der Waals surface area contributed by atoms with Gasteiger partial charge < -0.3 is 4.18 Å². The fourth-order valence-electron chi connectivity index (χ4n) is 1.64. The van der Waals surface area contributed by atoms with Gasteiger partial charge in [-0.25, -0.2) is 0 Å². The van der Waals surface area contributed by atoms with Crippen molar-refractivity contribution in [3.63, 3.8) is 0 Å². The fraction of sp³-hybridized carbons (Fsp3) is 0.333. The lowest BCUT2D eigenvalue weighted by molar-refractivity contribution is 0.239. The normalized spacial score (nSPS) is 27.1. The van der Waals surface area contributed by atoms with Gasteiger partial charge in [-0.15, -0.1) is 10.3 Å². The van der Waals surface area contributed by atoms with E-state index in [0.29, 0.717) is 0 Å². The Morgan fingerprint density at radius 2 is 1.93 bits per heavy atom. The van der Waals surface area contributed by atoms with E-state index >= 15 is 0 Å². The van der Waals surface area contributed by atoms with Crippen LogP contribution >= 0.6 is 10.3 Å². The standard InChI is InChI=1S/C12H16OS/c1-14(2)10-6-9-12(13-14)11-7-4-3-5-8-11/h3-8,10,12H,9H2,1-2H3. The highest BCUT2D eigenvalue weighted by Crippen LogP contribution is 2.51. The quantitative estimate of drug-likeness (QED) is 0.684. The van der Waals surface area contributed by atoms with Crippen LogP contribution in [-0.2, 0) is 4.18 Å². The van der Waals surface area contributed by atoms with Gasteiger partial charge in [0.25, 0.3) is 0 Å². The van der Waals surface area contributed by atoms with E-state index in [-0.39, 0.29) is 6.10 Å². The van der Waals surface area contributed by atoms with Gasteiger partial charge in [0.15, 0.2) is 0 Å². The molecule has 0 bridgehead atoms. The maximum Gasteiger partial charge on any atom is 0.0989 e. The molecule has 2 heteroatoms. The Labute approximate surface area is 87.3 Å². The minimum Gasteiger partial charge on any atom is -0.325 e. The number of hydrogen-bond acceptors (Lipinski definition) is 1. The maximum atomic E-state index is 6.06. The SMILES string of the molecule is CS1(C)C=CCC(c2ccccc2)O1. The van der Waals surface area contributed by atoms with Crippen molar-refractivity contribution in [3.8, 4) is 0 Å². The first-order valence-electron chi connectivity index (χ1n) is 4.80. The van der Waals surface area contributed by atoms with Gasteiger partial charge in [0.05, 0.1) is 6.10 Å². The van der Waals surface area contributed by atoms with Crippen LogP contribution in [0.25, 0.3) is 0 Å². The summed E-state index contributed by atoms with van der Waals surface area (Å²) in [5.41, 5.74) is 1.29. The smallest absolute Gasteiger partial charge is 0.0989 e. The molecule has 14 heavy (non-hydrogen) atoms. The van der Waals surface area contributed by atoms with Crippen LogP contribution in [0.2, 0.25) is 0 Å². The Morgan fingerprint density at radius 1 is 1.21 bits per heavy atom. The zero-order valence-corrected chi connectivity index (χ0v) is 9.46. The lowest BCUT2D eigenvalue weighted by atomic mass is 10.1. The van der Waals surface area contributed by atoms with E-state index in [1.807, 2.05) is 6.07 Å². The van der Waals surface area contributed by atoms with Crippen molar-refractivity contribution in [1.29, 1.82) is 0 Å². The number of rotatable bonds is 1. The Kier molecular flexibility index (Phi) is 2.66. The molecule has 0 aromatic heterocycles. The summed E-state index contributed by atoms with van der Waals surface area (Å²) < 4.78 is 6.06. The molecule has 0 saturated carbocycles. The fourth-order valence-corrected chi connectivity index (χ4v) is 3.07. The molecule has 76 valence electrons. The van der Waals surface area contributed by atoms with Crippen LogP contribution in [0.1, 0.15) is 18.1 Å². The second-order valence-electron chi connectivity index (χ2n) is 3.91. The van der Waals surface area contributed by atoms with Crippen molar-refractivity contribution in [2.75, 3.05) is 12.5 Å². The Morgan fingerprint density at radius 3 is 2.57 bits per heavy atom. The van der Waals surface area contributed by atoms with Crippen LogP contribution in [0.15, 0.2) is 41.8 Å². The molecule has 1 aromatic rings. The summed E-state index contributed by atoms with van der Waals surface area (Å²) in [6.07, 6.45) is 7.86. The van der Waals surface area contributed by atoms with Crippen LogP contribution in [0.5, 0.6) is 0 Å². The maximum absolute atomic E-state index is 6.06. The van der Waals surface area contributed by atoms with Gasteiger partial charge in [-0.1, -0.05) is 36.4 Å². The molecule has 1 unspecified atom stereocenters. The summed E-state index contributed by atoms with van der Waals surface area (Å²) in [7, 11) is -0.961. The van der Waals surface area contributed by atoms with E-state index in [9.17, 15) is 0 Å². The zero-order valence-electron chi connectivity index (χ0n) is 8.64. The van der Waals surface area contributed by atoms with E-state index < -0.39 is 10.3 Å². The molecular formula is C12H16OS. The highest BCUT2D eigenvalue weighted by molar-refractivity contribution is 8.31. The van der Waals surface area contributed by atoms with Crippen molar-refractivity contribution in [2.24, 2.45) is 0 Å². The van der Waals surface area contributed by atoms with Gasteiger partial charge in [0.2, 0.25) is 0 Å². The minimum atomic E-state index is -0.961. The molecule has 1 aliphatic rings. The predicted molar refractivity (Wildman–Crippen MR) is 63.5 cm³/mol. The molecule has 0 aliphatic carbocycles. The topological polar surface area (TPSA) is 9.23 Å². The zero-order chi connectivity index (χ0) is 10.0. The lowest BCUT2D eigenvalue weighted by Crippen LogP contribution is -2.10. The van der Waals surface area contributed by atoms with E-state index in [0.717, 1.165) is 6.42 Å². The summed E-state index contributed by atoms with van der Waals surface area (Å²) in [5, 5.41) is 2.21. The Balaban J connectivity index is 2.19. The van der Waals surface area contributed by atoms with Crippen molar-refractivity contribution in [3.05, 3.63) is 47.4 Å². The van der Waals surface area contributed by atoms with Crippen LogP contribution in [-0.4, -0.2) is 12.5 Å². The molecular weight excluding hydrogens is 192 g/mol. The average Bonchev–Trinajstić information content (AvgIpc) is 2.18. The van der Waals surface area contributed by atoms with Crippen molar-refractivity contribution < 1.29 is 4.18 Å². The van der Waals surface area contributed by atoms with Crippen molar-refractivity contribution >= 4 is 10.3 Å². The Bertz CT molecular complexity index is 329. The third kappa shape index (κ3) is 2.20. The molecule has 1 nitrogen and oxygen atoms in total. The first-order valence-corrected chi connectivity index (χ1v) is 7.24. The van der Waals surface area contributed by atoms with Crippen LogP contribution in [0.4, 0.5) is 0 Å². The second-order valence-corrected chi connectivity index (χ2v) is 7.00. The van der Waals surface area contributed by atoms with E-state index in [2.05, 4.69) is 48.3 Å². The number of hydrogen-bond donors (Lipinski definition) is 0. The monoisotopic (exact) mass is 208 g/mol. The van der Waals surface area contributed by atoms with Crippen molar-refractivity contribution in [1.82, 2.24) is 0 Å². The van der Waals surface area contributed by atoms with E-state index in [1.165, 1.54) is 5.56 Å². The van der Waals surface area contributed by atoms with Crippen molar-refractivity contribution in [2.45, 2.75) is 12.5 Å². The molecule has 0 N–H and O–H groups in total. The summed E-state index contributed by atoms with van der Waals surface area (Å²) in [4.78, 5) is 0. The predicted octanol–water partition coefficient (Wildman–Crippen LogP) is 3.64. The molecule has 1 atom stereocenters. The molecule has 0 radical (unpaired) electrons. The van der Waals surface area contributed by atoms with Gasteiger partial charge in [0, 0.05) is 0 Å². The van der Waals surface area contributed by atoms with Gasteiger partial charge in [-0.05, 0) is 29.9 Å². The van der Waals surface area contributed by atoms with Crippen LogP contribution in [0.3, 0.4) is 0 Å². The summed E-state index contributed by atoms with van der Waals surface area (Å²) >= 11 is 0. The molecule has 0 spiro atoms. The summed E-state index contributed by atoms with van der Waals surface area (Å²) in [5.74, 6) is 0. The van der Waals surface area contributed by atoms with Gasteiger partial charge >= 0.3 is 0 Å². The number of benzene rings is 1. The van der Waals surface area contributed by atoms with Gasteiger partial charge in [0.1, 0.15) is 0 Å². The highest BCUT2D eigenvalue weighted by atomic mass is 32.3. The molecule has 1 aliphatic heterocycles. The molecule has 0 fully saturated rings. The molecule has 1 heterocycles. The van der Waals surface area contributed by atoms with Crippen LogP contribution in [0, 0.1) is 0 Å². The van der Waals surface area contributed by atoms with Gasteiger partial charge in [-0.2, -0.15) is 0 Å². The molecule has 0 amide bonds. The second kappa shape index (κ2) is 3.79. The summed E-state index contributed by atoms with van der Waals surface area (Å²) in [6.45, 7) is 0. The Hall–Kier alpha value is -0.730. The third-order valence-electron chi connectivity index (χ3n) is 2.31. The molecule has 1 aromatic carbocycles. The van der Waals surface area contributed by atoms with Crippen LogP contribution < -0.4 is 0 Å². The lowest BCUT2D eigenvalue weighted by Gasteiger charge is -2.35. The first-order chi connectivity index (χ1) is 6.67. The highest BCUT2D eigenvalue weighted by Gasteiger charge is 2.21. The summed E-state index contributed by atoms with van der Waals surface area (Å²) in [6, 6.07) is 10.5. The van der Waals surface area contributed by atoms with E-state index in [1.54, 1.807) is 0 Å².